The molecule has 0 heterocycles. The third-order valence-electron chi connectivity index (χ3n) is 5.24. The quantitative estimate of drug-likeness (QED) is 0.111. The summed E-state index contributed by atoms with van der Waals surface area (Å²) in [5, 5.41) is 26.8. The molecule has 0 radical (unpaired) electrons. The number of phenols is 1. The normalized spacial score (nSPS) is 10.3. The average molecular weight is 612 g/mol. The van der Waals surface area contributed by atoms with E-state index in [2.05, 4.69) is 89.8 Å². The molecule has 0 aliphatic rings. The minimum absolute atomic E-state index is 0.0161. The summed E-state index contributed by atoms with van der Waals surface area (Å²) in [6.07, 6.45) is 1.63. The summed E-state index contributed by atoms with van der Waals surface area (Å²) in [4.78, 5) is 31.0. The van der Waals surface area contributed by atoms with Crippen LogP contribution in [0, 0.1) is 6.92 Å². The second-order valence-electron chi connectivity index (χ2n) is 11.8. The minimum atomic E-state index is -0.793. The zero-order valence-electron chi connectivity index (χ0n) is 28.1. The Morgan fingerprint density at radius 2 is 1.26 bits per heavy atom. The number of esters is 2. The summed E-state index contributed by atoms with van der Waals surface area (Å²) in [6.45, 7) is 27.6. The predicted molar refractivity (Wildman–Crippen MR) is 171 cm³/mol. The molecule has 0 saturated carbocycles. The van der Waals surface area contributed by atoms with Crippen LogP contribution < -0.4 is 5.73 Å². The van der Waals surface area contributed by atoms with Gasteiger partial charge >= 0.3 is 18.0 Å². The number of benzene rings is 1. The topological polar surface area (TPSA) is 166 Å². The molecule has 1 rings (SSSR count). The van der Waals surface area contributed by atoms with Gasteiger partial charge in [-0.3, -0.25) is 0 Å². The number of carbonyl (C=O) groups excluding carboxylic acids is 3. The SMILES string of the molecule is C=C(C)C(=O)OCCCC.C=C(C)C(=O)OCCO.Cc1ccc(C(C)(C)C)c(O)c1C(C)(C)C.NC(=O)OCCCO. The average Bonchev–Trinajstić information content (AvgIpc) is 2.86. The highest BCUT2D eigenvalue weighted by atomic mass is 16.5. The predicted octanol–water partition coefficient (Wildman–Crippen LogP) is 5.76. The lowest BCUT2D eigenvalue weighted by Gasteiger charge is -2.28. The van der Waals surface area contributed by atoms with Crippen LogP contribution in [0.4, 0.5) is 4.79 Å². The van der Waals surface area contributed by atoms with Crippen LogP contribution in [0.25, 0.3) is 0 Å². The lowest BCUT2D eigenvalue weighted by atomic mass is 9.77. The Kier molecular flexibility index (Phi) is 23.7. The van der Waals surface area contributed by atoms with E-state index in [4.69, 9.17) is 14.9 Å². The Morgan fingerprint density at radius 3 is 1.60 bits per heavy atom. The first kappa shape index (κ1) is 44.1. The van der Waals surface area contributed by atoms with Gasteiger partial charge in [-0.2, -0.15) is 0 Å². The summed E-state index contributed by atoms with van der Waals surface area (Å²) in [5.74, 6) is -0.266. The molecule has 0 fully saturated rings. The lowest BCUT2D eigenvalue weighted by Crippen LogP contribution is -2.18. The van der Waals surface area contributed by atoms with Crippen molar-refractivity contribution in [3.05, 3.63) is 53.1 Å². The highest BCUT2D eigenvalue weighted by Gasteiger charge is 2.26. The van der Waals surface area contributed by atoms with Crippen LogP contribution >= 0.6 is 0 Å². The number of amides is 1. The first-order valence-electron chi connectivity index (χ1n) is 14.3. The van der Waals surface area contributed by atoms with Crippen molar-refractivity contribution < 1.29 is 43.9 Å². The summed E-state index contributed by atoms with van der Waals surface area (Å²) < 4.78 is 13.5. The van der Waals surface area contributed by atoms with E-state index in [1.54, 1.807) is 13.8 Å². The number of carbonyl (C=O) groups is 3. The van der Waals surface area contributed by atoms with E-state index in [1.807, 2.05) is 6.07 Å². The fourth-order valence-corrected chi connectivity index (χ4v) is 3.18. The molecule has 1 aromatic carbocycles. The molecule has 1 amide bonds. The van der Waals surface area contributed by atoms with Gasteiger partial charge in [0.25, 0.3) is 0 Å². The molecule has 0 saturated heterocycles. The van der Waals surface area contributed by atoms with Gasteiger partial charge < -0.3 is 35.3 Å². The Balaban J connectivity index is -0.000000520. The Morgan fingerprint density at radius 1 is 0.791 bits per heavy atom. The summed E-state index contributed by atoms with van der Waals surface area (Å²) >= 11 is 0. The molecular weight excluding hydrogens is 554 g/mol. The number of unbranched alkanes of at least 4 members (excludes halogenated alkanes) is 1. The highest BCUT2D eigenvalue weighted by Crippen LogP contribution is 2.40. The molecule has 0 spiro atoms. The second-order valence-corrected chi connectivity index (χ2v) is 11.8. The number of aromatic hydroxyl groups is 1. The monoisotopic (exact) mass is 611 g/mol. The van der Waals surface area contributed by atoms with Crippen LogP contribution in [0.2, 0.25) is 0 Å². The zero-order chi connectivity index (χ0) is 34.4. The maximum atomic E-state index is 10.7. The number of aliphatic hydroxyl groups is 2. The first-order chi connectivity index (χ1) is 19.7. The largest absolute Gasteiger partial charge is 0.507 e. The maximum Gasteiger partial charge on any atom is 0.404 e. The van der Waals surface area contributed by atoms with Gasteiger partial charge in [0, 0.05) is 29.7 Å². The van der Waals surface area contributed by atoms with E-state index in [1.165, 1.54) is 0 Å². The van der Waals surface area contributed by atoms with Crippen molar-refractivity contribution in [1.29, 1.82) is 0 Å². The van der Waals surface area contributed by atoms with Gasteiger partial charge in [0.05, 0.1) is 19.8 Å². The molecule has 43 heavy (non-hydrogen) atoms. The van der Waals surface area contributed by atoms with E-state index in [0.717, 1.165) is 29.5 Å². The van der Waals surface area contributed by atoms with Crippen molar-refractivity contribution in [2.75, 3.05) is 33.0 Å². The standard InChI is InChI=1S/C15H24O.C8H14O2.C6H10O3.C4H9NO3/c1-10-8-9-11(14(2,3)4)13(16)12(10)15(5,6)7;1-4-5-6-10-8(9)7(2)3;1-5(2)6(8)9-4-3-7;5-4(7)8-3-1-2-6/h8-9,16H,1-7H3;2,4-6H2,1,3H3;7H,1,3-4H2,2H3;6H,1-3H2,(H2,5,7). The first-order valence-corrected chi connectivity index (χ1v) is 14.3. The van der Waals surface area contributed by atoms with Gasteiger partial charge in [0.1, 0.15) is 12.4 Å². The fourth-order valence-electron chi connectivity index (χ4n) is 3.18. The molecule has 0 unspecified atom stereocenters. The van der Waals surface area contributed by atoms with Crippen LogP contribution in [0.1, 0.15) is 98.3 Å². The molecule has 0 bridgehead atoms. The Labute approximate surface area is 258 Å². The summed E-state index contributed by atoms with van der Waals surface area (Å²) in [6, 6.07) is 4.15. The van der Waals surface area contributed by atoms with Gasteiger partial charge in [0.15, 0.2) is 0 Å². The van der Waals surface area contributed by atoms with E-state index in [0.29, 0.717) is 29.9 Å². The number of aliphatic hydroxyl groups excluding tert-OH is 2. The number of phenolic OH excluding ortho intramolecular Hbond substituents is 1. The van der Waals surface area contributed by atoms with E-state index in [-0.39, 0.29) is 43.2 Å². The van der Waals surface area contributed by atoms with Gasteiger partial charge in [-0.1, -0.05) is 80.2 Å². The number of hydrogen-bond donors (Lipinski definition) is 4. The number of primary amides is 1. The van der Waals surface area contributed by atoms with Crippen LogP contribution in [0.5, 0.6) is 5.75 Å². The van der Waals surface area contributed by atoms with Crippen LogP contribution in [-0.2, 0) is 34.6 Å². The number of aryl methyl sites for hydroxylation is 1. The van der Waals surface area contributed by atoms with E-state index >= 15 is 0 Å². The molecule has 0 aromatic heterocycles. The molecule has 0 atom stereocenters. The Hall–Kier alpha value is -3.37. The third-order valence-corrected chi connectivity index (χ3v) is 5.24. The van der Waals surface area contributed by atoms with Crippen molar-refractivity contribution in [3.63, 3.8) is 0 Å². The zero-order valence-corrected chi connectivity index (χ0v) is 28.1. The second kappa shape index (κ2) is 23.1. The summed E-state index contributed by atoms with van der Waals surface area (Å²) in [7, 11) is 0. The smallest absolute Gasteiger partial charge is 0.404 e. The van der Waals surface area contributed by atoms with Crippen LogP contribution in [0.3, 0.4) is 0 Å². The van der Waals surface area contributed by atoms with Gasteiger partial charge in [-0.05, 0) is 49.1 Å². The van der Waals surface area contributed by atoms with Crippen molar-refractivity contribution in [2.45, 2.75) is 99.3 Å². The van der Waals surface area contributed by atoms with Gasteiger partial charge in [-0.15, -0.1) is 0 Å². The number of nitrogens with two attached hydrogens (primary N) is 1. The molecule has 10 nitrogen and oxygen atoms in total. The van der Waals surface area contributed by atoms with Gasteiger partial charge in [-0.25, -0.2) is 14.4 Å². The van der Waals surface area contributed by atoms with Crippen molar-refractivity contribution in [2.24, 2.45) is 5.73 Å². The molecule has 5 N–H and O–H groups in total. The van der Waals surface area contributed by atoms with Crippen molar-refractivity contribution in [3.8, 4) is 5.75 Å². The van der Waals surface area contributed by atoms with E-state index < -0.39 is 12.1 Å². The van der Waals surface area contributed by atoms with Crippen molar-refractivity contribution in [1.82, 2.24) is 0 Å². The number of ether oxygens (including phenoxy) is 3. The third kappa shape index (κ3) is 22.8. The molecule has 10 heteroatoms. The van der Waals surface area contributed by atoms with Crippen molar-refractivity contribution >= 4 is 18.0 Å². The summed E-state index contributed by atoms with van der Waals surface area (Å²) in [5.41, 5.74) is 8.64. The Bertz CT molecular complexity index is 1000. The maximum absolute atomic E-state index is 10.7. The lowest BCUT2D eigenvalue weighted by molar-refractivity contribution is -0.140. The molecule has 248 valence electrons. The highest BCUT2D eigenvalue weighted by molar-refractivity contribution is 5.87. The molecule has 0 aliphatic heterocycles. The van der Waals surface area contributed by atoms with Gasteiger partial charge in [0.2, 0.25) is 0 Å². The number of hydrogen-bond acceptors (Lipinski definition) is 9. The van der Waals surface area contributed by atoms with E-state index in [9.17, 15) is 19.5 Å². The number of rotatable bonds is 10. The molecular formula is C33H57NO9. The van der Waals surface area contributed by atoms with Crippen LogP contribution in [-0.4, -0.2) is 66.4 Å². The molecule has 0 aliphatic carbocycles. The minimum Gasteiger partial charge on any atom is -0.507 e. The molecule has 1 aromatic rings. The fraction of sp³-hybridized carbons (Fsp3) is 0.606. The van der Waals surface area contributed by atoms with Crippen LogP contribution in [0.15, 0.2) is 36.4 Å².